The van der Waals surface area contributed by atoms with Gasteiger partial charge in [0.05, 0.1) is 17.7 Å². The molecule has 0 bridgehead atoms. The van der Waals surface area contributed by atoms with Crippen LogP contribution in [0.15, 0.2) is 18.2 Å². The molecule has 0 aromatic heterocycles. The van der Waals surface area contributed by atoms with E-state index in [0.717, 1.165) is 5.56 Å². The molecule has 0 aliphatic rings. The number of benzene rings is 1. The molecule has 0 fully saturated rings. The largest absolute Gasteiger partial charge is 0.492 e. The molecule has 0 heterocycles. The van der Waals surface area contributed by atoms with Crippen LogP contribution in [-0.4, -0.2) is 24.5 Å². The van der Waals surface area contributed by atoms with Gasteiger partial charge in [-0.2, -0.15) is 5.26 Å². The second-order valence-corrected chi connectivity index (χ2v) is 4.19. The van der Waals surface area contributed by atoms with Crippen LogP contribution < -0.4 is 4.74 Å². The third kappa shape index (κ3) is 3.94. The molecule has 0 N–H and O–H groups in total. The zero-order chi connectivity index (χ0) is 13.5. The number of carbonyl (C=O) groups is 1. The Labute approximate surface area is 112 Å². The second-order valence-electron chi connectivity index (χ2n) is 3.78. The molecule has 0 radical (unpaired) electrons. The lowest BCUT2D eigenvalue weighted by Gasteiger charge is -2.16. The standard InChI is InChI=1S/C13H15ClN2O2/c1-3-18-12-5-4-10(8-11(12)14)9-16(2)13(17)6-7-15/h4-5,8H,3,6,9H2,1-2H3. The first-order valence-electron chi connectivity index (χ1n) is 5.60. The van der Waals surface area contributed by atoms with Gasteiger partial charge in [-0.15, -0.1) is 0 Å². The summed E-state index contributed by atoms with van der Waals surface area (Å²) in [5, 5.41) is 8.98. The number of hydrogen-bond donors (Lipinski definition) is 0. The lowest BCUT2D eigenvalue weighted by atomic mass is 10.2. The maximum absolute atomic E-state index is 11.4. The number of amides is 1. The first kappa shape index (κ1) is 14.3. The van der Waals surface area contributed by atoms with E-state index in [9.17, 15) is 4.79 Å². The third-order valence-corrected chi connectivity index (χ3v) is 2.67. The van der Waals surface area contributed by atoms with Crippen molar-refractivity contribution in [3.63, 3.8) is 0 Å². The number of ether oxygens (including phenoxy) is 1. The van der Waals surface area contributed by atoms with Crippen LogP contribution in [0.1, 0.15) is 18.9 Å². The highest BCUT2D eigenvalue weighted by atomic mass is 35.5. The molecule has 1 amide bonds. The number of halogens is 1. The van der Waals surface area contributed by atoms with E-state index in [-0.39, 0.29) is 12.3 Å². The van der Waals surface area contributed by atoms with E-state index in [1.165, 1.54) is 4.90 Å². The Balaban J connectivity index is 2.71. The van der Waals surface area contributed by atoms with Crippen molar-refractivity contribution in [2.24, 2.45) is 0 Å². The smallest absolute Gasteiger partial charge is 0.236 e. The van der Waals surface area contributed by atoms with Crippen LogP contribution >= 0.6 is 11.6 Å². The minimum Gasteiger partial charge on any atom is -0.492 e. The maximum atomic E-state index is 11.4. The van der Waals surface area contributed by atoms with Crippen LogP contribution in [0.2, 0.25) is 5.02 Å². The third-order valence-electron chi connectivity index (χ3n) is 2.37. The van der Waals surface area contributed by atoms with Crippen molar-refractivity contribution in [1.29, 1.82) is 5.26 Å². The fraction of sp³-hybridized carbons (Fsp3) is 0.385. The van der Waals surface area contributed by atoms with Gasteiger partial charge < -0.3 is 9.64 Å². The van der Waals surface area contributed by atoms with E-state index in [1.807, 2.05) is 19.1 Å². The van der Waals surface area contributed by atoms with Crippen molar-refractivity contribution in [3.05, 3.63) is 28.8 Å². The van der Waals surface area contributed by atoms with E-state index in [4.69, 9.17) is 21.6 Å². The van der Waals surface area contributed by atoms with Crippen molar-refractivity contribution < 1.29 is 9.53 Å². The molecule has 0 aliphatic carbocycles. The molecule has 1 rings (SSSR count). The summed E-state index contributed by atoms with van der Waals surface area (Å²) in [4.78, 5) is 12.9. The van der Waals surface area contributed by atoms with Gasteiger partial charge >= 0.3 is 0 Å². The van der Waals surface area contributed by atoms with Gasteiger partial charge in [-0.25, -0.2) is 0 Å². The molecule has 0 aliphatic heterocycles. The van der Waals surface area contributed by atoms with E-state index >= 15 is 0 Å². The summed E-state index contributed by atoms with van der Waals surface area (Å²) in [6.45, 7) is 2.87. The number of nitriles is 1. The van der Waals surface area contributed by atoms with Crippen LogP contribution in [0.3, 0.4) is 0 Å². The van der Waals surface area contributed by atoms with Crippen molar-refractivity contribution in [2.45, 2.75) is 19.9 Å². The summed E-state index contributed by atoms with van der Waals surface area (Å²) in [5.74, 6) is 0.427. The Morgan fingerprint density at radius 2 is 2.28 bits per heavy atom. The van der Waals surface area contributed by atoms with Gasteiger partial charge in [0.2, 0.25) is 5.91 Å². The van der Waals surface area contributed by atoms with Crippen LogP contribution in [0.4, 0.5) is 0 Å². The first-order chi connectivity index (χ1) is 8.58. The Morgan fingerprint density at radius 1 is 1.56 bits per heavy atom. The molecule has 0 unspecified atom stereocenters. The number of carbonyl (C=O) groups excluding carboxylic acids is 1. The summed E-state index contributed by atoms with van der Waals surface area (Å²) in [6, 6.07) is 7.24. The van der Waals surface area contributed by atoms with Gasteiger partial charge in [0.1, 0.15) is 12.2 Å². The van der Waals surface area contributed by atoms with Crippen molar-refractivity contribution in [1.82, 2.24) is 4.90 Å². The van der Waals surface area contributed by atoms with Gasteiger partial charge in [-0.05, 0) is 24.6 Å². The summed E-state index contributed by atoms with van der Waals surface area (Å²) >= 11 is 6.05. The lowest BCUT2D eigenvalue weighted by molar-refractivity contribution is -0.129. The zero-order valence-corrected chi connectivity index (χ0v) is 11.2. The monoisotopic (exact) mass is 266 g/mol. The van der Waals surface area contributed by atoms with Gasteiger partial charge in [-0.3, -0.25) is 4.79 Å². The van der Waals surface area contributed by atoms with E-state index < -0.39 is 0 Å². The molecule has 96 valence electrons. The lowest BCUT2D eigenvalue weighted by Crippen LogP contribution is -2.25. The molecule has 5 heteroatoms. The highest BCUT2D eigenvalue weighted by Crippen LogP contribution is 2.25. The Kier molecular flexibility index (Phi) is 5.47. The minimum atomic E-state index is -0.206. The molecule has 1 aromatic carbocycles. The Hall–Kier alpha value is -1.73. The van der Waals surface area contributed by atoms with Crippen LogP contribution in [0.5, 0.6) is 5.75 Å². The fourth-order valence-electron chi connectivity index (χ4n) is 1.48. The van der Waals surface area contributed by atoms with Crippen molar-refractivity contribution in [3.8, 4) is 11.8 Å². The van der Waals surface area contributed by atoms with E-state index in [1.54, 1.807) is 19.2 Å². The molecule has 0 saturated heterocycles. The molecule has 0 atom stereocenters. The fourth-order valence-corrected chi connectivity index (χ4v) is 1.74. The average molecular weight is 267 g/mol. The summed E-state index contributed by atoms with van der Waals surface area (Å²) in [7, 11) is 1.66. The highest BCUT2D eigenvalue weighted by Gasteiger charge is 2.10. The topological polar surface area (TPSA) is 53.3 Å². The molecular formula is C13H15ClN2O2. The van der Waals surface area contributed by atoms with Crippen molar-refractivity contribution in [2.75, 3.05) is 13.7 Å². The highest BCUT2D eigenvalue weighted by molar-refractivity contribution is 6.32. The van der Waals surface area contributed by atoms with Gasteiger partial charge in [-0.1, -0.05) is 17.7 Å². The van der Waals surface area contributed by atoms with Gasteiger partial charge in [0, 0.05) is 13.6 Å². The molecule has 18 heavy (non-hydrogen) atoms. The normalized spacial score (nSPS) is 9.67. The molecular weight excluding hydrogens is 252 g/mol. The predicted molar refractivity (Wildman–Crippen MR) is 69.3 cm³/mol. The maximum Gasteiger partial charge on any atom is 0.236 e. The Bertz CT molecular complexity index is 469. The molecule has 1 aromatic rings. The number of rotatable bonds is 5. The number of hydrogen-bond acceptors (Lipinski definition) is 3. The summed E-state index contributed by atoms with van der Waals surface area (Å²) in [6.07, 6.45) is -0.110. The summed E-state index contributed by atoms with van der Waals surface area (Å²) in [5.41, 5.74) is 0.900. The summed E-state index contributed by atoms with van der Waals surface area (Å²) < 4.78 is 5.33. The van der Waals surface area contributed by atoms with Crippen LogP contribution in [0.25, 0.3) is 0 Å². The zero-order valence-electron chi connectivity index (χ0n) is 10.4. The average Bonchev–Trinajstić information content (AvgIpc) is 2.33. The minimum absolute atomic E-state index is 0.110. The van der Waals surface area contributed by atoms with Crippen LogP contribution in [-0.2, 0) is 11.3 Å². The van der Waals surface area contributed by atoms with Gasteiger partial charge in [0.15, 0.2) is 0 Å². The Morgan fingerprint density at radius 3 is 2.83 bits per heavy atom. The first-order valence-corrected chi connectivity index (χ1v) is 5.98. The predicted octanol–water partition coefficient (Wildman–Crippen LogP) is 2.61. The SMILES string of the molecule is CCOc1ccc(CN(C)C(=O)CC#N)cc1Cl. The number of nitrogens with zero attached hydrogens (tertiary/aromatic N) is 2. The molecule has 4 nitrogen and oxygen atoms in total. The van der Waals surface area contributed by atoms with Crippen LogP contribution in [0, 0.1) is 11.3 Å². The molecule has 0 saturated carbocycles. The van der Waals surface area contributed by atoms with Gasteiger partial charge in [0.25, 0.3) is 0 Å². The van der Waals surface area contributed by atoms with Crippen molar-refractivity contribution >= 4 is 17.5 Å². The molecule has 0 spiro atoms. The van der Waals surface area contributed by atoms with E-state index in [2.05, 4.69) is 0 Å². The second kappa shape index (κ2) is 6.87. The van der Waals surface area contributed by atoms with E-state index in [0.29, 0.717) is 23.9 Å². The quantitative estimate of drug-likeness (QED) is 0.823.